The second-order valence-electron chi connectivity index (χ2n) is 7.14. The molecule has 2 N–H and O–H groups in total. The molecule has 24 heavy (non-hydrogen) atoms. The monoisotopic (exact) mass is 332 g/mol. The van der Waals surface area contributed by atoms with Crippen LogP contribution in [0, 0.1) is 18.8 Å². The number of nitrogens with zero attached hydrogens (tertiary/aromatic N) is 1. The summed E-state index contributed by atoms with van der Waals surface area (Å²) in [5.74, 6) is -0.169. The number of hydrogen-bond donors (Lipinski definition) is 2. The topological polar surface area (TPSA) is 69.6 Å². The Hall–Kier alpha value is -1.88. The van der Waals surface area contributed by atoms with Gasteiger partial charge in [0.2, 0.25) is 5.91 Å². The van der Waals surface area contributed by atoms with Crippen molar-refractivity contribution in [2.45, 2.75) is 46.3 Å². The minimum absolute atomic E-state index is 0.00291. The van der Waals surface area contributed by atoms with Gasteiger partial charge < -0.3 is 15.3 Å². The molecular weight excluding hydrogens is 304 g/mol. The molecule has 1 aromatic rings. The summed E-state index contributed by atoms with van der Waals surface area (Å²) in [7, 11) is 0. The van der Waals surface area contributed by atoms with Crippen molar-refractivity contribution in [3.8, 4) is 0 Å². The molecule has 0 aromatic heterocycles. The van der Waals surface area contributed by atoms with Crippen molar-refractivity contribution in [1.29, 1.82) is 0 Å². The molecule has 5 nitrogen and oxygen atoms in total. The number of nitrogens with one attached hydrogen (secondary N) is 1. The summed E-state index contributed by atoms with van der Waals surface area (Å²) in [5.41, 5.74) is 1.58. The molecule has 0 bridgehead atoms. The molecule has 1 aromatic carbocycles. The molecule has 3 atom stereocenters. The SMILES string of the molecule is Cc1cccc(C(=O)NC(C(=O)N2CCC(C(C)O)C2)C(C)C)c1. The summed E-state index contributed by atoms with van der Waals surface area (Å²) in [6.07, 6.45) is 0.391. The van der Waals surface area contributed by atoms with Crippen molar-refractivity contribution in [3.05, 3.63) is 35.4 Å². The Labute approximate surface area is 144 Å². The largest absolute Gasteiger partial charge is 0.393 e. The van der Waals surface area contributed by atoms with Gasteiger partial charge in [-0.2, -0.15) is 0 Å². The van der Waals surface area contributed by atoms with Crippen molar-refractivity contribution < 1.29 is 14.7 Å². The summed E-state index contributed by atoms with van der Waals surface area (Å²) in [6, 6.07) is 6.79. The van der Waals surface area contributed by atoms with Gasteiger partial charge in [-0.25, -0.2) is 0 Å². The maximum atomic E-state index is 12.8. The van der Waals surface area contributed by atoms with Crippen molar-refractivity contribution in [3.63, 3.8) is 0 Å². The Balaban J connectivity index is 2.06. The van der Waals surface area contributed by atoms with Gasteiger partial charge in [0.25, 0.3) is 5.91 Å². The number of hydrogen-bond acceptors (Lipinski definition) is 3. The lowest BCUT2D eigenvalue weighted by Crippen LogP contribution is -2.50. The molecule has 1 heterocycles. The quantitative estimate of drug-likeness (QED) is 0.866. The van der Waals surface area contributed by atoms with E-state index in [0.717, 1.165) is 12.0 Å². The highest BCUT2D eigenvalue weighted by Crippen LogP contribution is 2.21. The number of aliphatic hydroxyl groups is 1. The lowest BCUT2D eigenvalue weighted by atomic mass is 10.0. The average Bonchev–Trinajstić information content (AvgIpc) is 3.01. The molecule has 1 saturated heterocycles. The molecule has 0 radical (unpaired) electrons. The van der Waals surface area contributed by atoms with E-state index in [0.29, 0.717) is 18.7 Å². The van der Waals surface area contributed by atoms with E-state index in [9.17, 15) is 14.7 Å². The third-order valence-electron chi connectivity index (χ3n) is 4.72. The van der Waals surface area contributed by atoms with Crippen LogP contribution in [0.2, 0.25) is 0 Å². The number of carbonyl (C=O) groups excluding carboxylic acids is 2. The van der Waals surface area contributed by atoms with E-state index < -0.39 is 12.1 Å². The third kappa shape index (κ3) is 4.35. The molecule has 2 rings (SSSR count). The van der Waals surface area contributed by atoms with Crippen LogP contribution >= 0.6 is 0 Å². The van der Waals surface area contributed by atoms with Gasteiger partial charge in [-0.3, -0.25) is 9.59 Å². The van der Waals surface area contributed by atoms with Crippen LogP contribution in [-0.4, -0.2) is 47.1 Å². The van der Waals surface area contributed by atoms with Gasteiger partial charge >= 0.3 is 0 Å². The molecular formula is C19H28N2O3. The predicted octanol–water partition coefficient (Wildman–Crippen LogP) is 1.98. The number of aliphatic hydroxyl groups excluding tert-OH is 1. The van der Waals surface area contributed by atoms with E-state index >= 15 is 0 Å². The minimum atomic E-state index is -0.550. The van der Waals surface area contributed by atoms with Crippen LogP contribution in [-0.2, 0) is 4.79 Å². The molecule has 0 saturated carbocycles. The number of rotatable bonds is 5. The average molecular weight is 332 g/mol. The Morgan fingerprint density at radius 1 is 1.29 bits per heavy atom. The number of likely N-dealkylation sites (tertiary alicyclic amines) is 1. The molecule has 0 spiro atoms. The highest BCUT2D eigenvalue weighted by atomic mass is 16.3. The fourth-order valence-electron chi connectivity index (χ4n) is 3.10. The highest BCUT2D eigenvalue weighted by molar-refractivity contribution is 5.97. The van der Waals surface area contributed by atoms with E-state index in [-0.39, 0.29) is 23.7 Å². The van der Waals surface area contributed by atoms with Crippen molar-refractivity contribution in [2.24, 2.45) is 11.8 Å². The standard InChI is InChI=1S/C19H28N2O3/c1-12(2)17(19(24)21-9-8-16(11-21)14(4)22)20-18(23)15-7-5-6-13(3)10-15/h5-7,10,12,14,16-17,22H,8-9,11H2,1-4H3,(H,20,23). The van der Waals surface area contributed by atoms with Crippen LogP contribution in [0.1, 0.15) is 43.1 Å². The molecule has 0 aliphatic carbocycles. The maximum absolute atomic E-state index is 12.8. The zero-order chi connectivity index (χ0) is 17.9. The van der Waals surface area contributed by atoms with Crippen molar-refractivity contribution in [1.82, 2.24) is 10.2 Å². The number of amides is 2. The molecule has 3 unspecified atom stereocenters. The molecule has 2 amide bonds. The summed E-state index contributed by atoms with van der Waals surface area (Å²) in [6.45, 7) is 8.75. The molecule has 5 heteroatoms. The summed E-state index contributed by atoms with van der Waals surface area (Å²) in [5, 5.41) is 12.6. The van der Waals surface area contributed by atoms with Gasteiger partial charge in [0, 0.05) is 24.6 Å². The second kappa shape index (κ2) is 7.79. The first-order valence-electron chi connectivity index (χ1n) is 8.64. The van der Waals surface area contributed by atoms with Crippen LogP contribution in [0.4, 0.5) is 0 Å². The first-order valence-corrected chi connectivity index (χ1v) is 8.64. The first kappa shape index (κ1) is 18.5. The van der Waals surface area contributed by atoms with Gasteiger partial charge in [0.1, 0.15) is 6.04 Å². The van der Waals surface area contributed by atoms with E-state index in [4.69, 9.17) is 0 Å². The number of benzene rings is 1. The van der Waals surface area contributed by atoms with Crippen molar-refractivity contribution in [2.75, 3.05) is 13.1 Å². The molecule has 132 valence electrons. The van der Waals surface area contributed by atoms with Gasteiger partial charge in [0.05, 0.1) is 6.10 Å². The Morgan fingerprint density at radius 3 is 2.54 bits per heavy atom. The Kier molecular flexibility index (Phi) is 5.99. The number of aryl methyl sites for hydroxylation is 1. The summed E-state index contributed by atoms with van der Waals surface area (Å²) >= 11 is 0. The van der Waals surface area contributed by atoms with E-state index in [1.54, 1.807) is 17.9 Å². The lowest BCUT2D eigenvalue weighted by Gasteiger charge is -2.27. The second-order valence-corrected chi connectivity index (χ2v) is 7.14. The fourth-order valence-corrected chi connectivity index (χ4v) is 3.10. The van der Waals surface area contributed by atoms with Crippen LogP contribution < -0.4 is 5.32 Å². The summed E-state index contributed by atoms with van der Waals surface area (Å²) < 4.78 is 0. The minimum Gasteiger partial charge on any atom is -0.393 e. The normalized spacial score (nSPS) is 20.1. The van der Waals surface area contributed by atoms with Gasteiger partial charge in [0.15, 0.2) is 0 Å². The van der Waals surface area contributed by atoms with Crippen LogP contribution in [0.3, 0.4) is 0 Å². The van der Waals surface area contributed by atoms with Crippen LogP contribution in [0.25, 0.3) is 0 Å². The van der Waals surface area contributed by atoms with Crippen LogP contribution in [0.5, 0.6) is 0 Å². The molecule has 1 fully saturated rings. The lowest BCUT2D eigenvalue weighted by molar-refractivity contribution is -0.133. The predicted molar refractivity (Wildman–Crippen MR) is 93.6 cm³/mol. The Bertz CT molecular complexity index is 598. The Morgan fingerprint density at radius 2 is 2.00 bits per heavy atom. The van der Waals surface area contributed by atoms with E-state index in [2.05, 4.69) is 5.32 Å². The third-order valence-corrected chi connectivity index (χ3v) is 4.72. The van der Waals surface area contributed by atoms with Crippen molar-refractivity contribution >= 4 is 11.8 Å². The van der Waals surface area contributed by atoms with E-state index in [1.165, 1.54) is 0 Å². The van der Waals surface area contributed by atoms with Gasteiger partial charge in [-0.15, -0.1) is 0 Å². The van der Waals surface area contributed by atoms with Gasteiger partial charge in [-0.1, -0.05) is 31.5 Å². The zero-order valence-electron chi connectivity index (χ0n) is 15.0. The fraction of sp³-hybridized carbons (Fsp3) is 0.579. The first-order chi connectivity index (χ1) is 11.3. The van der Waals surface area contributed by atoms with Gasteiger partial charge in [-0.05, 0) is 38.3 Å². The molecule has 1 aliphatic rings. The number of carbonyl (C=O) groups is 2. The molecule has 1 aliphatic heterocycles. The van der Waals surface area contributed by atoms with Crippen LogP contribution in [0.15, 0.2) is 24.3 Å². The highest BCUT2D eigenvalue weighted by Gasteiger charge is 2.34. The summed E-state index contributed by atoms with van der Waals surface area (Å²) in [4.78, 5) is 27.1. The zero-order valence-corrected chi connectivity index (χ0v) is 15.0. The maximum Gasteiger partial charge on any atom is 0.251 e. The van der Waals surface area contributed by atoms with E-state index in [1.807, 2.05) is 39.0 Å². The smallest absolute Gasteiger partial charge is 0.251 e.